The lowest BCUT2D eigenvalue weighted by molar-refractivity contribution is -0.146. The number of allylic oxidation sites excluding steroid dienone is 2. The topological polar surface area (TPSA) is 93.7 Å². The van der Waals surface area contributed by atoms with Crippen LogP contribution in [0.25, 0.3) is 0 Å². The number of amides is 2. The van der Waals surface area contributed by atoms with Crippen LogP contribution < -0.4 is 10.6 Å². The van der Waals surface area contributed by atoms with Gasteiger partial charge in [-0.1, -0.05) is 25.5 Å². The van der Waals surface area contributed by atoms with Crippen LogP contribution in [0.2, 0.25) is 0 Å². The zero-order valence-electron chi connectivity index (χ0n) is 16.3. The monoisotopic (exact) mass is 364 g/mol. The van der Waals surface area contributed by atoms with Crippen molar-refractivity contribution in [3.63, 3.8) is 0 Å². The molecular weight excluding hydrogens is 336 g/mol. The molecule has 0 aromatic heterocycles. The van der Waals surface area contributed by atoms with Crippen LogP contribution in [0.3, 0.4) is 0 Å². The summed E-state index contributed by atoms with van der Waals surface area (Å²) in [6, 6.07) is -0.960. The molecule has 0 bridgehead atoms. The first kappa shape index (κ1) is 20.0. The summed E-state index contributed by atoms with van der Waals surface area (Å²) in [7, 11) is 0. The third kappa shape index (κ3) is 4.08. The van der Waals surface area contributed by atoms with Gasteiger partial charge in [-0.05, 0) is 39.0 Å². The zero-order chi connectivity index (χ0) is 19.6. The molecule has 3 atom stereocenters. The highest BCUT2D eigenvalue weighted by atomic mass is 16.5. The molecule has 2 rings (SSSR count). The van der Waals surface area contributed by atoms with Crippen molar-refractivity contribution in [1.29, 1.82) is 0 Å². The highest BCUT2D eigenvalue weighted by Crippen LogP contribution is 2.59. The molecule has 7 nitrogen and oxygen atoms in total. The Morgan fingerprint density at radius 3 is 2.46 bits per heavy atom. The second kappa shape index (κ2) is 7.51. The van der Waals surface area contributed by atoms with Crippen molar-refractivity contribution < 1.29 is 23.9 Å². The average Bonchev–Trinajstić information content (AvgIpc) is 3.04. The fraction of sp³-hybridized carbons (Fsp3) is 0.632. The fourth-order valence-corrected chi connectivity index (χ4v) is 3.42. The normalized spacial score (nSPS) is 26.4. The van der Waals surface area contributed by atoms with Gasteiger partial charge in [0.25, 0.3) is 0 Å². The number of rotatable bonds is 6. The van der Waals surface area contributed by atoms with Crippen molar-refractivity contribution in [2.24, 2.45) is 17.3 Å². The molecule has 1 fully saturated rings. The molecule has 1 aliphatic carbocycles. The number of carbonyl (C=O) groups excluding carboxylic acids is 3. The van der Waals surface area contributed by atoms with E-state index in [1.807, 2.05) is 27.7 Å². The molecule has 0 saturated heterocycles. The first-order chi connectivity index (χ1) is 12.1. The second-order valence-electron chi connectivity index (χ2n) is 7.61. The minimum absolute atomic E-state index is 0.139. The van der Waals surface area contributed by atoms with Gasteiger partial charge in [-0.3, -0.25) is 4.79 Å². The minimum atomic E-state index is -0.535. The largest absolute Gasteiger partial charge is 0.463 e. The maximum atomic E-state index is 12.5. The van der Waals surface area contributed by atoms with Crippen LogP contribution in [0.15, 0.2) is 22.9 Å². The summed E-state index contributed by atoms with van der Waals surface area (Å²) in [6.07, 6.45) is 2.09. The molecule has 1 heterocycles. The number of hydrogen-bond donors (Lipinski definition) is 2. The maximum Gasteiger partial charge on any atom is 0.338 e. The van der Waals surface area contributed by atoms with E-state index in [2.05, 4.69) is 16.7 Å². The van der Waals surface area contributed by atoms with Crippen molar-refractivity contribution in [2.45, 2.75) is 47.6 Å². The van der Waals surface area contributed by atoms with Crippen LogP contribution in [-0.2, 0) is 19.1 Å². The lowest BCUT2D eigenvalue weighted by atomic mass is 10.0. The van der Waals surface area contributed by atoms with Gasteiger partial charge >= 0.3 is 18.0 Å². The van der Waals surface area contributed by atoms with Crippen molar-refractivity contribution in [1.82, 2.24) is 10.6 Å². The first-order valence-corrected chi connectivity index (χ1v) is 8.88. The molecule has 0 spiro atoms. The standard InChI is InChI=1S/C19H28N2O5/c1-7-25-16(22)14-11(4)20-18(24)21-13(14)9-26-17(23)15-12(8-10(2)3)19(15,5)6/h8,11-12,15H,7,9H2,1-6H3,(H2,20,21,24)/t11-,12+,15-/m0/s1. The van der Waals surface area contributed by atoms with Gasteiger partial charge < -0.3 is 20.1 Å². The van der Waals surface area contributed by atoms with Gasteiger partial charge in [-0.2, -0.15) is 0 Å². The van der Waals surface area contributed by atoms with E-state index >= 15 is 0 Å². The Labute approximate surface area is 154 Å². The Hall–Kier alpha value is -2.31. The molecule has 0 radical (unpaired) electrons. The van der Waals surface area contributed by atoms with E-state index < -0.39 is 18.0 Å². The molecule has 2 amide bonds. The Bertz CT molecular complexity index is 673. The van der Waals surface area contributed by atoms with E-state index in [9.17, 15) is 14.4 Å². The molecule has 7 heteroatoms. The van der Waals surface area contributed by atoms with Crippen LogP contribution in [-0.4, -0.2) is 37.2 Å². The Balaban J connectivity index is 2.11. The smallest absolute Gasteiger partial charge is 0.338 e. The number of hydrogen-bond acceptors (Lipinski definition) is 5. The number of ether oxygens (including phenoxy) is 2. The van der Waals surface area contributed by atoms with Gasteiger partial charge in [0, 0.05) is 0 Å². The fourth-order valence-electron chi connectivity index (χ4n) is 3.42. The van der Waals surface area contributed by atoms with E-state index in [0.29, 0.717) is 0 Å². The number of urea groups is 1. The first-order valence-electron chi connectivity index (χ1n) is 8.88. The molecule has 144 valence electrons. The van der Waals surface area contributed by atoms with Crippen molar-refractivity contribution >= 4 is 18.0 Å². The van der Waals surface area contributed by atoms with Crippen LogP contribution in [0.4, 0.5) is 4.79 Å². The summed E-state index contributed by atoms with van der Waals surface area (Å²) in [5.74, 6) is -0.944. The zero-order valence-corrected chi connectivity index (χ0v) is 16.3. The predicted molar refractivity (Wildman–Crippen MR) is 95.9 cm³/mol. The summed E-state index contributed by atoms with van der Waals surface area (Å²) < 4.78 is 10.5. The quantitative estimate of drug-likeness (QED) is 0.557. The van der Waals surface area contributed by atoms with Crippen molar-refractivity contribution in [3.05, 3.63) is 22.9 Å². The number of nitrogens with one attached hydrogen (secondary N) is 2. The summed E-state index contributed by atoms with van der Waals surface area (Å²) in [4.78, 5) is 36.4. The van der Waals surface area contributed by atoms with Crippen LogP contribution in [0.1, 0.15) is 41.5 Å². The molecule has 2 N–H and O–H groups in total. The Kier molecular flexibility index (Phi) is 5.78. The predicted octanol–water partition coefficient (Wildman–Crippen LogP) is 2.29. The molecule has 2 aliphatic rings. The van der Waals surface area contributed by atoms with E-state index in [1.54, 1.807) is 13.8 Å². The molecule has 1 aliphatic heterocycles. The van der Waals surface area contributed by atoms with Crippen LogP contribution >= 0.6 is 0 Å². The summed E-state index contributed by atoms with van der Waals surface area (Å²) in [6.45, 7) is 11.5. The van der Waals surface area contributed by atoms with E-state index in [0.717, 1.165) is 5.57 Å². The third-order valence-electron chi connectivity index (χ3n) is 4.90. The Morgan fingerprint density at radius 1 is 1.23 bits per heavy atom. The van der Waals surface area contributed by atoms with E-state index in [-0.39, 0.29) is 47.7 Å². The average molecular weight is 364 g/mol. The number of esters is 2. The second-order valence-corrected chi connectivity index (χ2v) is 7.61. The van der Waals surface area contributed by atoms with Gasteiger partial charge in [0.1, 0.15) is 6.61 Å². The molecular formula is C19H28N2O5. The van der Waals surface area contributed by atoms with Gasteiger partial charge in [-0.25, -0.2) is 9.59 Å². The highest BCUT2D eigenvalue weighted by molar-refractivity contribution is 5.94. The SMILES string of the molecule is CCOC(=O)C1=C(COC(=O)[C@@H]2[C@@H](C=C(C)C)C2(C)C)NC(=O)N[C@H]1C. The van der Waals surface area contributed by atoms with Crippen molar-refractivity contribution in [3.8, 4) is 0 Å². The summed E-state index contributed by atoms with van der Waals surface area (Å²) in [5, 5.41) is 5.16. The summed E-state index contributed by atoms with van der Waals surface area (Å²) >= 11 is 0. The Morgan fingerprint density at radius 2 is 1.88 bits per heavy atom. The molecule has 0 unspecified atom stereocenters. The lowest BCUT2D eigenvalue weighted by Crippen LogP contribution is -2.50. The minimum Gasteiger partial charge on any atom is -0.463 e. The molecule has 0 aromatic rings. The van der Waals surface area contributed by atoms with Gasteiger partial charge in [0.05, 0.1) is 29.8 Å². The van der Waals surface area contributed by atoms with Gasteiger partial charge in [-0.15, -0.1) is 0 Å². The molecule has 26 heavy (non-hydrogen) atoms. The van der Waals surface area contributed by atoms with E-state index in [1.165, 1.54) is 0 Å². The van der Waals surface area contributed by atoms with Crippen LogP contribution in [0, 0.1) is 17.3 Å². The van der Waals surface area contributed by atoms with Gasteiger partial charge in [0.15, 0.2) is 0 Å². The summed E-state index contributed by atoms with van der Waals surface area (Å²) in [5.41, 5.74) is 1.54. The lowest BCUT2D eigenvalue weighted by Gasteiger charge is -2.26. The third-order valence-corrected chi connectivity index (χ3v) is 4.90. The van der Waals surface area contributed by atoms with Crippen LogP contribution in [0.5, 0.6) is 0 Å². The molecule has 1 saturated carbocycles. The van der Waals surface area contributed by atoms with Gasteiger partial charge in [0.2, 0.25) is 0 Å². The molecule has 0 aromatic carbocycles. The number of carbonyl (C=O) groups is 3. The van der Waals surface area contributed by atoms with E-state index in [4.69, 9.17) is 9.47 Å². The highest BCUT2D eigenvalue weighted by Gasteiger charge is 2.61. The van der Waals surface area contributed by atoms with Crippen molar-refractivity contribution in [2.75, 3.05) is 13.2 Å². The maximum absolute atomic E-state index is 12.5.